The third-order valence-corrected chi connectivity index (χ3v) is 2.82. The molecule has 5 heteroatoms. The summed E-state index contributed by atoms with van der Waals surface area (Å²) in [5, 5.41) is 2.37. The van der Waals surface area contributed by atoms with Crippen LogP contribution in [-0.2, 0) is 14.3 Å². The normalized spacial score (nSPS) is 18.6. The quantitative estimate of drug-likeness (QED) is 0.420. The van der Waals surface area contributed by atoms with Gasteiger partial charge < -0.3 is 9.47 Å². The zero-order chi connectivity index (χ0) is 11.8. The van der Waals surface area contributed by atoms with E-state index in [0.717, 1.165) is 26.1 Å². The number of ether oxygens (including phenoxy) is 2. The Hall–Kier alpha value is -0.770. The molecule has 0 bridgehead atoms. The van der Waals surface area contributed by atoms with E-state index in [1.54, 1.807) is 6.92 Å². The molecule has 0 spiro atoms. The van der Waals surface area contributed by atoms with Crippen LogP contribution in [0, 0.1) is 5.92 Å². The fraction of sp³-hybridized carbons (Fsp3) is 0.818. The molecule has 0 aromatic heterocycles. The molecule has 0 aromatic rings. The fourth-order valence-corrected chi connectivity index (χ4v) is 2.01. The lowest BCUT2D eigenvalue weighted by molar-refractivity contribution is -0.144. The molecule has 0 aromatic carbocycles. The standard InChI is InChI=1S/C11H17NO3S/c1-2-15-11(13)7-10(12-8-16)9-3-5-14-6-4-9/h9-10H,2-7H2,1H3. The van der Waals surface area contributed by atoms with Crippen molar-refractivity contribution in [3.63, 3.8) is 0 Å². The number of thiocarbonyl (C=S) groups is 1. The lowest BCUT2D eigenvalue weighted by Crippen LogP contribution is -2.28. The second-order valence-electron chi connectivity index (χ2n) is 3.75. The van der Waals surface area contributed by atoms with Crippen molar-refractivity contribution in [1.29, 1.82) is 0 Å². The molecule has 1 heterocycles. The number of hydrogen-bond donors (Lipinski definition) is 0. The summed E-state index contributed by atoms with van der Waals surface area (Å²) in [5.41, 5.74) is 0. The summed E-state index contributed by atoms with van der Waals surface area (Å²) >= 11 is 4.62. The summed E-state index contributed by atoms with van der Waals surface area (Å²) < 4.78 is 10.2. The van der Waals surface area contributed by atoms with E-state index in [-0.39, 0.29) is 12.0 Å². The first-order chi connectivity index (χ1) is 7.77. The van der Waals surface area contributed by atoms with Gasteiger partial charge in [-0.15, -0.1) is 0 Å². The second-order valence-corrected chi connectivity index (χ2v) is 3.93. The molecule has 1 aliphatic rings. The Balaban J connectivity index is 2.51. The largest absolute Gasteiger partial charge is 0.466 e. The highest BCUT2D eigenvalue weighted by Crippen LogP contribution is 2.23. The van der Waals surface area contributed by atoms with Crippen LogP contribution in [0.2, 0.25) is 0 Å². The van der Waals surface area contributed by atoms with Crippen LogP contribution in [0.3, 0.4) is 0 Å². The molecule has 90 valence electrons. The molecule has 0 N–H and O–H groups in total. The molecule has 0 saturated carbocycles. The minimum atomic E-state index is -0.215. The van der Waals surface area contributed by atoms with Crippen LogP contribution in [0.25, 0.3) is 0 Å². The smallest absolute Gasteiger partial charge is 0.307 e. The Bertz CT molecular complexity index is 270. The van der Waals surface area contributed by atoms with Gasteiger partial charge in [0, 0.05) is 13.2 Å². The van der Waals surface area contributed by atoms with E-state index >= 15 is 0 Å². The summed E-state index contributed by atoms with van der Waals surface area (Å²) in [6.45, 7) is 3.67. The number of hydrogen-bond acceptors (Lipinski definition) is 5. The number of isothiocyanates is 1. The highest BCUT2D eigenvalue weighted by Gasteiger charge is 2.26. The van der Waals surface area contributed by atoms with E-state index in [4.69, 9.17) is 9.47 Å². The molecule has 0 aliphatic carbocycles. The predicted molar refractivity (Wildman–Crippen MR) is 63.6 cm³/mol. The maximum atomic E-state index is 11.4. The topological polar surface area (TPSA) is 47.9 Å². The summed E-state index contributed by atoms with van der Waals surface area (Å²) in [6.07, 6.45) is 2.14. The number of carbonyl (C=O) groups excluding carboxylic acids is 1. The predicted octanol–water partition coefficient (Wildman–Crippen LogP) is 1.84. The lowest BCUT2D eigenvalue weighted by Gasteiger charge is -2.26. The highest BCUT2D eigenvalue weighted by molar-refractivity contribution is 7.78. The van der Waals surface area contributed by atoms with E-state index < -0.39 is 0 Å². The molecule has 0 radical (unpaired) electrons. The second kappa shape index (κ2) is 7.49. The van der Waals surface area contributed by atoms with Crippen molar-refractivity contribution < 1.29 is 14.3 Å². The van der Waals surface area contributed by atoms with Crippen LogP contribution in [0.4, 0.5) is 0 Å². The van der Waals surface area contributed by atoms with Gasteiger partial charge in [-0.2, -0.15) is 0 Å². The van der Waals surface area contributed by atoms with Crippen molar-refractivity contribution in [2.24, 2.45) is 10.9 Å². The first-order valence-corrected chi connectivity index (χ1v) is 5.99. The van der Waals surface area contributed by atoms with Crippen LogP contribution < -0.4 is 0 Å². The first kappa shape index (κ1) is 13.3. The molecule has 4 nitrogen and oxygen atoms in total. The van der Waals surface area contributed by atoms with Gasteiger partial charge in [-0.1, -0.05) is 0 Å². The number of aliphatic imine (C=N–C) groups is 1. The molecule has 1 saturated heterocycles. The zero-order valence-corrected chi connectivity index (χ0v) is 10.3. The number of rotatable bonds is 5. The molecule has 16 heavy (non-hydrogen) atoms. The first-order valence-electron chi connectivity index (χ1n) is 5.58. The van der Waals surface area contributed by atoms with E-state index in [9.17, 15) is 4.79 Å². The number of carbonyl (C=O) groups is 1. The van der Waals surface area contributed by atoms with Crippen molar-refractivity contribution in [3.8, 4) is 0 Å². The Morgan fingerprint density at radius 1 is 1.62 bits per heavy atom. The SMILES string of the molecule is CCOC(=O)CC(N=C=S)C1CCOCC1. The van der Waals surface area contributed by atoms with Crippen LogP contribution in [0.5, 0.6) is 0 Å². The lowest BCUT2D eigenvalue weighted by atomic mass is 9.90. The zero-order valence-electron chi connectivity index (χ0n) is 9.48. The Morgan fingerprint density at radius 3 is 2.88 bits per heavy atom. The monoisotopic (exact) mass is 243 g/mol. The third-order valence-electron chi connectivity index (χ3n) is 2.71. The van der Waals surface area contributed by atoms with E-state index in [1.807, 2.05) is 0 Å². The van der Waals surface area contributed by atoms with E-state index in [2.05, 4.69) is 22.4 Å². The van der Waals surface area contributed by atoms with Gasteiger partial charge in [0.15, 0.2) is 0 Å². The minimum absolute atomic E-state index is 0.0968. The Labute approximate surface area is 101 Å². The van der Waals surface area contributed by atoms with Crippen LogP contribution in [0.1, 0.15) is 26.2 Å². The fourth-order valence-electron chi connectivity index (χ4n) is 1.88. The number of nitrogens with zero attached hydrogens (tertiary/aromatic N) is 1. The van der Waals surface area contributed by atoms with Crippen molar-refractivity contribution in [3.05, 3.63) is 0 Å². The summed E-state index contributed by atoms with van der Waals surface area (Å²) in [7, 11) is 0. The van der Waals surface area contributed by atoms with Crippen molar-refractivity contribution in [2.45, 2.75) is 32.2 Å². The van der Waals surface area contributed by atoms with Gasteiger partial charge in [0.25, 0.3) is 0 Å². The van der Waals surface area contributed by atoms with Crippen LogP contribution in [-0.4, -0.2) is 37.0 Å². The van der Waals surface area contributed by atoms with Crippen molar-refractivity contribution in [1.82, 2.24) is 0 Å². The summed E-state index contributed by atoms with van der Waals surface area (Å²) in [6, 6.07) is -0.0968. The molecule has 1 unspecified atom stereocenters. The van der Waals surface area contributed by atoms with Crippen molar-refractivity contribution >= 4 is 23.3 Å². The minimum Gasteiger partial charge on any atom is -0.466 e. The molecule has 1 aliphatic heterocycles. The average Bonchev–Trinajstić information content (AvgIpc) is 2.30. The molecule has 1 fully saturated rings. The van der Waals surface area contributed by atoms with Gasteiger partial charge in [0.1, 0.15) is 0 Å². The van der Waals surface area contributed by atoms with Gasteiger partial charge >= 0.3 is 5.97 Å². The van der Waals surface area contributed by atoms with Crippen molar-refractivity contribution in [2.75, 3.05) is 19.8 Å². The maximum absolute atomic E-state index is 11.4. The van der Waals surface area contributed by atoms with E-state index in [0.29, 0.717) is 18.9 Å². The van der Waals surface area contributed by atoms with Gasteiger partial charge in [0.2, 0.25) is 0 Å². The molecule has 0 amide bonds. The van der Waals surface area contributed by atoms with Gasteiger partial charge in [-0.05, 0) is 37.9 Å². The maximum Gasteiger partial charge on any atom is 0.307 e. The van der Waals surface area contributed by atoms with E-state index in [1.165, 1.54) is 0 Å². The van der Waals surface area contributed by atoms with Gasteiger partial charge in [-0.3, -0.25) is 4.79 Å². The van der Waals surface area contributed by atoms with Gasteiger partial charge in [0.05, 0.1) is 24.2 Å². The Kier molecular flexibility index (Phi) is 6.23. The van der Waals surface area contributed by atoms with Crippen LogP contribution in [0.15, 0.2) is 4.99 Å². The highest BCUT2D eigenvalue weighted by atomic mass is 32.1. The molecule has 1 rings (SSSR count). The summed E-state index contributed by atoms with van der Waals surface area (Å²) in [5.74, 6) is 0.140. The van der Waals surface area contributed by atoms with Crippen LogP contribution >= 0.6 is 12.2 Å². The third kappa shape index (κ3) is 4.39. The number of esters is 1. The molecule has 1 atom stereocenters. The Morgan fingerprint density at radius 2 is 2.31 bits per heavy atom. The summed E-state index contributed by atoms with van der Waals surface area (Å²) in [4.78, 5) is 15.5. The average molecular weight is 243 g/mol. The van der Waals surface area contributed by atoms with Gasteiger partial charge in [-0.25, -0.2) is 4.99 Å². The molecular weight excluding hydrogens is 226 g/mol. The molecular formula is C11H17NO3S.